The SMILES string of the molecule is Cc1[nH]c2c(-c3cc(F)ccc3OCC3CC3)ccnc2c1C(=O)NC1CCNCC1.Cl. The van der Waals surface area contributed by atoms with Crippen molar-refractivity contribution in [2.75, 3.05) is 19.7 Å². The van der Waals surface area contributed by atoms with E-state index >= 15 is 0 Å². The molecular weight excluding hydrogens is 431 g/mol. The van der Waals surface area contributed by atoms with Gasteiger partial charge in [-0.25, -0.2) is 4.39 Å². The molecule has 6 nitrogen and oxygen atoms in total. The lowest BCUT2D eigenvalue weighted by Gasteiger charge is -2.23. The maximum absolute atomic E-state index is 14.2. The molecule has 3 N–H and O–H groups in total. The number of aryl methyl sites for hydroxylation is 1. The van der Waals surface area contributed by atoms with Crippen LogP contribution in [0.1, 0.15) is 41.7 Å². The van der Waals surface area contributed by atoms with E-state index < -0.39 is 0 Å². The molecule has 0 unspecified atom stereocenters. The summed E-state index contributed by atoms with van der Waals surface area (Å²) in [6.45, 7) is 4.33. The number of amides is 1. The monoisotopic (exact) mass is 458 g/mol. The second kappa shape index (κ2) is 9.46. The van der Waals surface area contributed by atoms with Crippen molar-refractivity contribution in [3.05, 3.63) is 47.5 Å². The number of H-pyrrole nitrogens is 1. The minimum absolute atomic E-state index is 0. The normalized spacial score (nSPS) is 16.6. The zero-order valence-electron chi connectivity index (χ0n) is 18.0. The predicted molar refractivity (Wildman–Crippen MR) is 125 cm³/mol. The Hall–Kier alpha value is -2.64. The Balaban J connectivity index is 0.00000245. The van der Waals surface area contributed by atoms with Crippen LogP contribution in [0.5, 0.6) is 5.75 Å². The van der Waals surface area contributed by atoms with Crippen LogP contribution in [0.15, 0.2) is 30.5 Å². The highest BCUT2D eigenvalue weighted by Gasteiger charge is 2.25. The number of carbonyl (C=O) groups excluding carboxylic acids is 1. The fourth-order valence-electron chi connectivity index (χ4n) is 4.26. The van der Waals surface area contributed by atoms with Crippen molar-refractivity contribution < 1.29 is 13.9 Å². The standard InChI is InChI=1S/C24H27FN4O2.ClH/c1-14-21(24(30)29-17-6-9-26-10-7-17)23-22(28-14)18(8-11-27-23)19-12-16(25)4-5-20(19)31-13-15-2-3-15;/h4-5,8,11-12,15,17,26,28H,2-3,6-7,9-10,13H2,1H3,(H,29,30);1H. The summed E-state index contributed by atoms with van der Waals surface area (Å²) in [5.74, 6) is 0.790. The Morgan fingerprint density at radius 1 is 1.19 bits per heavy atom. The number of rotatable bonds is 6. The molecule has 3 heterocycles. The molecule has 8 heteroatoms. The summed E-state index contributed by atoms with van der Waals surface area (Å²) in [7, 11) is 0. The molecule has 1 aromatic carbocycles. The first-order valence-electron chi connectivity index (χ1n) is 11.0. The van der Waals surface area contributed by atoms with Gasteiger partial charge in [0.25, 0.3) is 5.91 Å². The van der Waals surface area contributed by atoms with Gasteiger partial charge >= 0.3 is 0 Å². The molecule has 32 heavy (non-hydrogen) atoms. The molecule has 1 saturated heterocycles. The van der Waals surface area contributed by atoms with E-state index in [-0.39, 0.29) is 30.2 Å². The molecule has 0 spiro atoms. The Bertz CT molecular complexity index is 1120. The molecule has 1 aliphatic carbocycles. The maximum atomic E-state index is 14.2. The summed E-state index contributed by atoms with van der Waals surface area (Å²) in [6.07, 6.45) is 5.86. The van der Waals surface area contributed by atoms with E-state index in [9.17, 15) is 9.18 Å². The van der Waals surface area contributed by atoms with Crippen LogP contribution >= 0.6 is 12.4 Å². The second-order valence-electron chi connectivity index (χ2n) is 8.60. The summed E-state index contributed by atoms with van der Waals surface area (Å²) in [4.78, 5) is 20.9. The Morgan fingerprint density at radius 3 is 2.72 bits per heavy atom. The van der Waals surface area contributed by atoms with Crippen LogP contribution in [-0.2, 0) is 0 Å². The Labute approximate surface area is 192 Å². The first-order valence-corrected chi connectivity index (χ1v) is 11.0. The zero-order chi connectivity index (χ0) is 21.4. The molecule has 2 aliphatic rings. The fourth-order valence-corrected chi connectivity index (χ4v) is 4.26. The van der Waals surface area contributed by atoms with E-state index in [1.807, 2.05) is 13.0 Å². The molecule has 1 saturated carbocycles. The smallest absolute Gasteiger partial charge is 0.255 e. The van der Waals surface area contributed by atoms with Gasteiger partial charge in [0.2, 0.25) is 0 Å². The third-order valence-electron chi connectivity index (χ3n) is 6.18. The van der Waals surface area contributed by atoms with Gasteiger partial charge in [-0.1, -0.05) is 0 Å². The van der Waals surface area contributed by atoms with E-state index in [2.05, 4.69) is 20.6 Å². The quantitative estimate of drug-likeness (QED) is 0.512. The van der Waals surface area contributed by atoms with Gasteiger partial charge in [-0.15, -0.1) is 12.4 Å². The average molecular weight is 459 g/mol. The van der Waals surface area contributed by atoms with E-state index in [1.165, 1.54) is 25.0 Å². The van der Waals surface area contributed by atoms with Crippen molar-refractivity contribution >= 4 is 29.3 Å². The predicted octanol–water partition coefficient (Wildman–Crippen LogP) is 4.37. The summed E-state index contributed by atoms with van der Waals surface area (Å²) < 4.78 is 20.2. The first kappa shape index (κ1) is 22.6. The zero-order valence-corrected chi connectivity index (χ0v) is 18.9. The number of piperidine rings is 1. The average Bonchev–Trinajstić information content (AvgIpc) is 3.53. The van der Waals surface area contributed by atoms with Crippen LogP contribution in [0.25, 0.3) is 22.2 Å². The van der Waals surface area contributed by atoms with Crippen LogP contribution in [-0.4, -0.2) is 41.6 Å². The molecule has 2 aromatic heterocycles. The molecule has 1 aliphatic heterocycles. The van der Waals surface area contributed by atoms with E-state index in [0.717, 1.165) is 42.7 Å². The van der Waals surface area contributed by atoms with Crippen molar-refractivity contribution in [1.82, 2.24) is 20.6 Å². The van der Waals surface area contributed by atoms with Crippen molar-refractivity contribution in [1.29, 1.82) is 0 Å². The van der Waals surface area contributed by atoms with Gasteiger partial charge in [-0.3, -0.25) is 9.78 Å². The first-order chi connectivity index (χ1) is 15.1. The molecule has 170 valence electrons. The number of hydrogen-bond donors (Lipinski definition) is 3. The number of nitrogens with zero attached hydrogens (tertiary/aromatic N) is 1. The summed E-state index contributed by atoms with van der Waals surface area (Å²) in [5, 5.41) is 6.46. The number of carbonyl (C=O) groups is 1. The number of benzene rings is 1. The summed E-state index contributed by atoms with van der Waals surface area (Å²) >= 11 is 0. The van der Waals surface area contributed by atoms with Crippen molar-refractivity contribution in [2.24, 2.45) is 5.92 Å². The second-order valence-corrected chi connectivity index (χ2v) is 8.60. The van der Waals surface area contributed by atoms with Crippen LogP contribution in [0.3, 0.4) is 0 Å². The third-order valence-corrected chi connectivity index (χ3v) is 6.18. The molecule has 3 aromatic rings. The molecule has 0 bridgehead atoms. The van der Waals surface area contributed by atoms with Gasteiger partial charge in [-0.2, -0.15) is 0 Å². The maximum Gasteiger partial charge on any atom is 0.255 e. The molecule has 0 atom stereocenters. The molecule has 2 fully saturated rings. The fraction of sp³-hybridized carbons (Fsp3) is 0.417. The number of pyridine rings is 1. The van der Waals surface area contributed by atoms with Crippen LogP contribution in [0.2, 0.25) is 0 Å². The largest absolute Gasteiger partial charge is 0.493 e. The molecular formula is C24H28ClFN4O2. The number of nitrogens with one attached hydrogen (secondary N) is 3. The highest BCUT2D eigenvalue weighted by atomic mass is 35.5. The van der Waals surface area contributed by atoms with Crippen molar-refractivity contribution in [2.45, 2.75) is 38.6 Å². The van der Waals surface area contributed by atoms with E-state index in [1.54, 1.807) is 12.3 Å². The van der Waals surface area contributed by atoms with Gasteiger partial charge < -0.3 is 20.4 Å². The number of halogens is 2. The third kappa shape index (κ3) is 4.59. The number of aromatic amines is 1. The van der Waals surface area contributed by atoms with E-state index in [0.29, 0.717) is 34.9 Å². The van der Waals surface area contributed by atoms with Gasteiger partial charge in [0.1, 0.15) is 17.1 Å². The molecule has 0 radical (unpaired) electrons. The van der Waals surface area contributed by atoms with Gasteiger partial charge in [0.15, 0.2) is 0 Å². The number of aromatic nitrogens is 2. The summed E-state index contributed by atoms with van der Waals surface area (Å²) in [6, 6.07) is 6.59. The van der Waals surface area contributed by atoms with Crippen LogP contribution in [0.4, 0.5) is 4.39 Å². The highest BCUT2D eigenvalue weighted by molar-refractivity contribution is 6.09. The lowest BCUT2D eigenvalue weighted by Crippen LogP contribution is -2.42. The number of ether oxygens (including phenoxy) is 1. The lowest BCUT2D eigenvalue weighted by molar-refractivity contribution is 0.0930. The van der Waals surface area contributed by atoms with Gasteiger partial charge in [-0.05, 0) is 75.9 Å². The number of fused-ring (bicyclic) bond motifs is 1. The Morgan fingerprint density at radius 2 is 1.97 bits per heavy atom. The number of hydrogen-bond acceptors (Lipinski definition) is 4. The van der Waals surface area contributed by atoms with Crippen molar-refractivity contribution in [3.63, 3.8) is 0 Å². The van der Waals surface area contributed by atoms with Gasteiger partial charge in [0.05, 0.1) is 17.7 Å². The summed E-state index contributed by atoms with van der Waals surface area (Å²) in [5.41, 5.74) is 4.06. The van der Waals surface area contributed by atoms with Crippen molar-refractivity contribution in [3.8, 4) is 16.9 Å². The highest BCUT2D eigenvalue weighted by Crippen LogP contribution is 2.37. The molecule has 5 rings (SSSR count). The minimum atomic E-state index is -0.328. The topological polar surface area (TPSA) is 79.0 Å². The lowest BCUT2D eigenvalue weighted by atomic mass is 10.0. The van der Waals surface area contributed by atoms with Crippen LogP contribution < -0.4 is 15.4 Å². The minimum Gasteiger partial charge on any atom is -0.493 e. The Kier molecular flexibility index (Phi) is 6.67. The van der Waals surface area contributed by atoms with Crippen LogP contribution in [0, 0.1) is 18.7 Å². The molecule has 1 amide bonds. The van der Waals surface area contributed by atoms with Gasteiger partial charge in [0, 0.05) is 29.1 Å². The van der Waals surface area contributed by atoms with E-state index in [4.69, 9.17) is 4.74 Å².